The van der Waals surface area contributed by atoms with Crippen molar-refractivity contribution in [2.45, 2.75) is 12.8 Å². The van der Waals surface area contributed by atoms with E-state index in [0.717, 1.165) is 16.9 Å². The van der Waals surface area contributed by atoms with Crippen molar-refractivity contribution < 1.29 is 9.53 Å². The highest BCUT2D eigenvalue weighted by Gasteiger charge is 2.29. The summed E-state index contributed by atoms with van der Waals surface area (Å²) in [4.78, 5) is 12.3. The predicted molar refractivity (Wildman–Crippen MR) is 78.9 cm³/mol. The van der Waals surface area contributed by atoms with Gasteiger partial charge in [0.05, 0.1) is 0 Å². The fraction of sp³-hybridized carbons (Fsp3) is 0.188. The maximum Gasteiger partial charge on any atom is 0.235 e. The highest BCUT2D eigenvalue weighted by atomic mass is 16.5. The number of nitrogens with one attached hydrogen (secondary N) is 1. The van der Waals surface area contributed by atoms with Crippen molar-refractivity contribution in [1.82, 2.24) is 0 Å². The second-order valence-corrected chi connectivity index (χ2v) is 4.96. The third-order valence-corrected chi connectivity index (χ3v) is 3.56. The van der Waals surface area contributed by atoms with E-state index in [4.69, 9.17) is 10.5 Å². The van der Waals surface area contributed by atoms with E-state index in [9.17, 15) is 4.79 Å². The van der Waals surface area contributed by atoms with Crippen LogP contribution in [0.5, 0.6) is 5.75 Å². The zero-order valence-corrected chi connectivity index (χ0v) is 11.2. The maximum absolute atomic E-state index is 12.3. The third kappa shape index (κ3) is 2.20. The fourth-order valence-corrected chi connectivity index (χ4v) is 2.33. The molecular weight excluding hydrogens is 252 g/mol. The van der Waals surface area contributed by atoms with Crippen molar-refractivity contribution in [3.63, 3.8) is 0 Å². The Hall–Kier alpha value is -2.49. The molecule has 3 N–H and O–H groups in total. The van der Waals surface area contributed by atoms with Crippen LogP contribution in [0.1, 0.15) is 17.0 Å². The number of carbonyl (C=O) groups is 1. The first-order chi connectivity index (χ1) is 9.65. The van der Waals surface area contributed by atoms with Crippen LogP contribution >= 0.6 is 0 Å². The second-order valence-electron chi connectivity index (χ2n) is 4.96. The van der Waals surface area contributed by atoms with Crippen LogP contribution in [0, 0.1) is 6.92 Å². The lowest BCUT2D eigenvalue weighted by Crippen LogP contribution is -2.22. The fourth-order valence-electron chi connectivity index (χ4n) is 2.33. The molecule has 0 aromatic heterocycles. The molecule has 0 aliphatic carbocycles. The van der Waals surface area contributed by atoms with Crippen LogP contribution < -0.4 is 15.8 Å². The molecule has 0 saturated heterocycles. The summed E-state index contributed by atoms with van der Waals surface area (Å²) in [5.74, 6) is 0.447. The molecule has 3 rings (SSSR count). The second kappa shape index (κ2) is 4.89. The first-order valence-electron chi connectivity index (χ1n) is 6.54. The number of hydrogen-bond acceptors (Lipinski definition) is 3. The Labute approximate surface area is 117 Å². The molecule has 1 unspecified atom stereocenters. The molecule has 20 heavy (non-hydrogen) atoms. The smallest absolute Gasteiger partial charge is 0.235 e. The molecule has 0 radical (unpaired) electrons. The average Bonchev–Trinajstić information content (AvgIpc) is 2.87. The molecule has 1 aliphatic heterocycles. The van der Waals surface area contributed by atoms with Crippen molar-refractivity contribution in [3.8, 4) is 5.75 Å². The predicted octanol–water partition coefficient (Wildman–Crippen LogP) is 2.69. The molecule has 0 saturated carbocycles. The summed E-state index contributed by atoms with van der Waals surface area (Å²) in [7, 11) is 0. The van der Waals surface area contributed by atoms with E-state index in [2.05, 4.69) is 5.32 Å². The number of benzene rings is 2. The van der Waals surface area contributed by atoms with Gasteiger partial charge < -0.3 is 15.8 Å². The van der Waals surface area contributed by atoms with Gasteiger partial charge in [0.25, 0.3) is 0 Å². The van der Waals surface area contributed by atoms with Gasteiger partial charge in [0.1, 0.15) is 18.3 Å². The van der Waals surface area contributed by atoms with Gasteiger partial charge >= 0.3 is 0 Å². The average molecular weight is 268 g/mol. The molecule has 1 atom stereocenters. The Morgan fingerprint density at radius 1 is 1.30 bits per heavy atom. The quantitative estimate of drug-likeness (QED) is 0.823. The van der Waals surface area contributed by atoms with Crippen molar-refractivity contribution >= 4 is 17.3 Å². The van der Waals surface area contributed by atoms with E-state index in [1.165, 1.54) is 0 Å². The minimum atomic E-state index is -0.270. The Kier molecular flexibility index (Phi) is 3.06. The molecule has 1 aliphatic rings. The number of rotatable bonds is 2. The Balaban J connectivity index is 1.79. The number of fused-ring (bicyclic) bond motifs is 1. The van der Waals surface area contributed by atoms with Crippen LogP contribution in [0.15, 0.2) is 42.5 Å². The molecule has 0 bridgehead atoms. The van der Waals surface area contributed by atoms with E-state index < -0.39 is 0 Å². The summed E-state index contributed by atoms with van der Waals surface area (Å²) in [5.41, 5.74) is 9.17. The van der Waals surface area contributed by atoms with Crippen molar-refractivity contribution in [2.24, 2.45) is 0 Å². The first-order valence-corrected chi connectivity index (χ1v) is 6.54. The Morgan fingerprint density at radius 3 is 2.90 bits per heavy atom. The van der Waals surface area contributed by atoms with Crippen molar-refractivity contribution in [1.29, 1.82) is 0 Å². The molecule has 0 spiro atoms. The zero-order chi connectivity index (χ0) is 14.1. The number of ether oxygens (including phenoxy) is 1. The summed E-state index contributed by atoms with van der Waals surface area (Å²) >= 11 is 0. The lowest BCUT2D eigenvalue weighted by Gasteiger charge is -2.11. The minimum Gasteiger partial charge on any atom is -0.492 e. The van der Waals surface area contributed by atoms with Crippen molar-refractivity contribution in [2.75, 3.05) is 17.7 Å². The molecular formula is C16H16N2O2. The van der Waals surface area contributed by atoms with E-state index in [0.29, 0.717) is 18.0 Å². The Morgan fingerprint density at radius 2 is 2.10 bits per heavy atom. The minimum absolute atomic E-state index is 0.0711. The molecule has 0 fully saturated rings. The number of amides is 1. The molecule has 4 nitrogen and oxygen atoms in total. The monoisotopic (exact) mass is 268 g/mol. The number of nitrogen functional groups attached to an aromatic ring is 1. The van der Waals surface area contributed by atoms with Gasteiger partial charge in [-0.25, -0.2) is 0 Å². The standard InChI is InChI=1S/C16H16N2O2/c1-10-6-7-11(8-14(10)17)18-16(19)13-9-20-15-5-3-2-4-12(13)15/h2-8,13H,9,17H2,1H3,(H,18,19). The number of hydrogen-bond donors (Lipinski definition) is 2. The van der Waals surface area contributed by atoms with Gasteiger partial charge in [-0.2, -0.15) is 0 Å². The summed E-state index contributed by atoms with van der Waals surface area (Å²) in [6.45, 7) is 2.31. The lowest BCUT2D eigenvalue weighted by atomic mass is 10.0. The lowest BCUT2D eigenvalue weighted by molar-refractivity contribution is -0.117. The molecule has 2 aromatic carbocycles. The zero-order valence-electron chi connectivity index (χ0n) is 11.2. The number of nitrogens with two attached hydrogens (primary N) is 1. The van der Waals surface area contributed by atoms with Gasteiger partial charge in [0.2, 0.25) is 5.91 Å². The molecule has 102 valence electrons. The topological polar surface area (TPSA) is 64.3 Å². The normalized spacial score (nSPS) is 16.4. The largest absolute Gasteiger partial charge is 0.492 e. The van der Waals surface area contributed by atoms with Crippen molar-refractivity contribution in [3.05, 3.63) is 53.6 Å². The number of aryl methyl sites for hydroxylation is 1. The van der Waals surface area contributed by atoms with Gasteiger partial charge in [-0.1, -0.05) is 24.3 Å². The summed E-state index contributed by atoms with van der Waals surface area (Å²) < 4.78 is 5.53. The summed E-state index contributed by atoms with van der Waals surface area (Å²) in [6, 6.07) is 13.1. The highest BCUT2D eigenvalue weighted by molar-refractivity contribution is 5.97. The Bertz CT molecular complexity index is 667. The van der Waals surface area contributed by atoms with Crippen LogP contribution in [-0.2, 0) is 4.79 Å². The maximum atomic E-state index is 12.3. The first kappa shape index (κ1) is 12.5. The van der Waals surface area contributed by atoms with Crippen LogP contribution in [-0.4, -0.2) is 12.5 Å². The summed E-state index contributed by atoms with van der Waals surface area (Å²) in [6.07, 6.45) is 0. The van der Waals surface area contributed by atoms with Gasteiger partial charge in [-0.3, -0.25) is 4.79 Å². The summed E-state index contributed by atoms with van der Waals surface area (Å²) in [5, 5.41) is 2.89. The number of anilines is 2. The van der Waals surface area contributed by atoms with Crippen LogP contribution in [0.25, 0.3) is 0 Å². The van der Waals surface area contributed by atoms with E-state index in [1.54, 1.807) is 6.07 Å². The van der Waals surface area contributed by atoms with Crippen LogP contribution in [0.2, 0.25) is 0 Å². The van der Waals surface area contributed by atoms with E-state index in [1.807, 2.05) is 43.3 Å². The molecule has 2 aromatic rings. The molecule has 1 heterocycles. The molecule has 1 amide bonds. The van der Waals surface area contributed by atoms with Gasteiger partial charge in [0, 0.05) is 16.9 Å². The van der Waals surface area contributed by atoms with Gasteiger partial charge in [-0.15, -0.1) is 0 Å². The van der Waals surface area contributed by atoms with Gasteiger partial charge in [0.15, 0.2) is 0 Å². The van der Waals surface area contributed by atoms with Gasteiger partial charge in [-0.05, 0) is 30.7 Å². The molecule has 4 heteroatoms. The SMILES string of the molecule is Cc1ccc(NC(=O)C2COc3ccccc32)cc1N. The van der Waals surface area contributed by atoms with Crippen LogP contribution in [0.3, 0.4) is 0 Å². The number of carbonyl (C=O) groups excluding carboxylic acids is 1. The number of para-hydroxylation sites is 1. The highest BCUT2D eigenvalue weighted by Crippen LogP contribution is 2.34. The third-order valence-electron chi connectivity index (χ3n) is 3.56. The van der Waals surface area contributed by atoms with E-state index >= 15 is 0 Å². The van der Waals surface area contributed by atoms with E-state index in [-0.39, 0.29) is 11.8 Å². The van der Waals surface area contributed by atoms with Crippen LogP contribution in [0.4, 0.5) is 11.4 Å².